The molecule has 4 unspecified atom stereocenters. The summed E-state index contributed by atoms with van der Waals surface area (Å²) in [4.78, 5) is 0. The minimum atomic E-state index is 0.474. The second kappa shape index (κ2) is 7.85. The zero-order valence-electron chi connectivity index (χ0n) is 13.3. The lowest BCUT2D eigenvalue weighted by Gasteiger charge is -2.37. The third-order valence-electron chi connectivity index (χ3n) is 5.16. The zero-order valence-corrected chi connectivity index (χ0v) is 14.8. The molecule has 0 saturated heterocycles. The molecular weight excluding hydrogens is 301 g/mol. The van der Waals surface area contributed by atoms with E-state index in [4.69, 9.17) is 23.2 Å². The normalized spacial score (nSPS) is 27.6. The van der Waals surface area contributed by atoms with Gasteiger partial charge in [0.1, 0.15) is 0 Å². The highest BCUT2D eigenvalue weighted by molar-refractivity contribution is 6.36. The Morgan fingerprint density at radius 2 is 1.81 bits per heavy atom. The average molecular weight is 328 g/mol. The van der Waals surface area contributed by atoms with Crippen LogP contribution >= 0.6 is 23.2 Å². The van der Waals surface area contributed by atoms with Crippen LogP contribution in [0.1, 0.15) is 45.6 Å². The Morgan fingerprint density at radius 1 is 1.14 bits per heavy atom. The molecule has 118 valence electrons. The summed E-state index contributed by atoms with van der Waals surface area (Å²) in [6.45, 7) is 7.94. The fourth-order valence-electron chi connectivity index (χ4n) is 3.57. The van der Waals surface area contributed by atoms with Crippen LogP contribution in [0.25, 0.3) is 0 Å². The highest BCUT2D eigenvalue weighted by Crippen LogP contribution is 2.37. The van der Waals surface area contributed by atoms with Gasteiger partial charge in [0, 0.05) is 16.1 Å². The number of likely N-dealkylation sites (N-methyl/N-ethyl adjacent to an activating group) is 1. The fourth-order valence-corrected chi connectivity index (χ4v) is 4.12. The van der Waals surface area contributed by atoms with Gasteiger partial charge in [-0.2, -0.15) is 0 Å². The van der Waals surface area contributed by atoms with Crippen LogP contribution in [0.3, 0.4) is 0 Å². The van der Waals surface area contributed by atoms with Crippen LogP contribution in [-0.4, -0.2) is 12.6 Å². The van der Waals surface area contributed by atoms with Gasteiger partial charge in [-0.15, -0.1) is 0 Å². The van der Waals surface area contributed by atoms with Gasteiger partial charge < -0.3 is 5.32 Å². The van der Waals surface area contributed by atoms with Crippen molar-refractivity contribution in [3.8, 4) is 0 Å². The van der Waals surface area contributed by atoms with E-state index in [0.717, 1.165) is 46.3 Å². The third kappa shape index (κ3) is 4.37. The predicted molar refractivity (Wildman–Crippen MR) is 93.3 cm³/mol. The minimum absolute atomic E-state index is 0.474. The molecule has 0 radical (unpaired) electrons. The van der Waals surface area contributed by atoms with Crippen LogP contribution in [-0.2, 0) is 6.42 Å². The van der Waals surface area contributed by atoms with Gasteiger partial charge in [0.15, 0.2) is 0 Å². The second-order valence-electron chi connectivity index (χ2n) is 6.60. The lowest BCUT2D eigenvalue weighted by molar-refractivity contribution is 0.171. The van der Waals surface area contributed by atoms with E-state index in [9.17, 15) is 0 Å². The molecule has 1 saturated carbocycles. The van der Waals surface area contributed by atoms with Gasteiger partial charge in [-0.3, -0.25) is 0 Å². The summed E-state index contributed by atoms with van der Waals surface area (Å²) in [5.41, 5.74) is 1.10. The molecule has 0 aliphatic heterocycles. The topological polar surface area (TPSA) is 12.0 Å². The Labute approximate surface area is 139 Å². The molecule has 1 aliphatic rings. The van der Waals surface area contributed by atoms with Crippen LogP contribution in [0.4, 0.5) is 0 Å². The first kappa shape index (κ1) is 17.1. The predicted octanol–water partition coefficient (Wildman–Crippen LogP) is 5.59. The summed E-state index contributed by atoms with van der Waals surface area (Å²) < 4.78 is 0. The molecule has 1 aliphatic carbocycles. The Morgan fingerprint density at radius 3 is 2.38 bits per heavy atom. The van der Waals surface area contributed by atoms with E-state index in [0.29, 0.717) is 6.04 Å². The summed E-state index contributed by atoms with van der Waals surface area (Å²) in [5.74, 6) is 2.39. The van der Waals surface area contributed by atoms with Gasteiger partial charge in [-0.1, -0.05) is 56.5 Å². The van der Waals surface area contributed by atoms with Crippen LogP contribution in [0.2, 0.25) is 10.0 Å². The Kier molecular flexibility index (Phi) is 6.40. The molecule has 3 heteroatoms. The maximum absolute atomic E-state index is 6.35. The first-order chi connectivity index (χ1) is 10.0. The maximum atomic E-state index is 6.35. The molecule has 1 aromatic rings. The molecule has 21 heavy (non-hydrogen) atoms. The third-order valence-corrected chi connectivity index (χ3v) is 5.87. The summed E-state index contributed by atoms with van der Waals surface area (Å²) in [6, 6.07) is 6.28. The lowest BCUT2D eigenvalue weighted by atomic mass is 9.72. The zero-order chi connectivity index (χ0) is 15.4. The van der Waals surface area contributed by atoms with Crippen molar-refractivity contribution in [1.82, 2.24) is 5.32 Å². The van der Waals surface area contributed by atoms with Gasteiger partial charge in [0.05, 0.1) is 0 Å². The Balaban J connectivity index is 2.12. The van der Waals surface area contributed by atoms with Crippen LogP contribution in [0, 0.1) is 17.8 Å². The SMILES string of the molecule is CCNC(Cc1c(Cl)cccc1Cl)C1CCC(C)C(C)C1. The Bertz CT molecular complexity index is 440. The summed E-state index contributed by atoms with van der Waals surface area (Å²) in [6.07, 6.45) is 4.88. The molecule has 0 heterocycles. The molecule has 0 amide bonds. The van der Waals surface area contributed by atoms with Crippen LogP contribution < -0.4 is 5.32 Å². The van der Waals surface area contributed by atoms with Crippen molar-refractivity contribution in [3.63, 3.8) is 0 Å². The van der Waals surface area contributed by atoms with Crippen LogP contribution in [0.15, 0.2) is 18.2 Å². The molecule has 2 rings (SSSR count). The molecular formula is C18H27Cl2N. The number of hydrogen-bond acceptors (Lipinski definition) is 1. The Hall–Kier alpha value is -0.240. The van der Waals surface area contributed by atoms with Gasteiger partial charge in [-0.05, 0) is 61.3 Å². The first-order valence-electron chi connectivity index (χ1n) is 8.19. The van der Waals surface area contributed by atoms with Gasteiger partial charge >= 0.3 is 0 Å². The van der Waals surface area contributed by atoms with Crippen molar-refractivity contribution in [1.29, 1.82) is 0 Å². The molecule has 0 spiro atoms. The van der Waals surface area contributed by atoms with E-state index in [1.54, 1.807) is 0 Å². The fraction of sp³-hybridized carbons (Fsp3) is 0.667. The average Bonchev–Trinajstić information content (AvgIpc) is 2.45. The molecule has 1 aromatic carbocycles. The number of nitrogens with one attached hydrogen (secondary N) is 1. The van der Waals surface area contributed by atoms with E-state index >= 15 is 0 Å². The number of halogens is 2. The highest BCUT2D eigenvalue weighted by atomic mass is 35.5. The van der Waals surface area contributed by atoms with Crippen molar-refractivity contribution in [2.75, 3.05) is 6.54 Å². The molecule has 1 nitrogen and oxygen atoms in total. The summed E-state index contributed by atoms with van der Waals surface area (Å²) in [7, 11) is 0. The smallest absolute Gasteiger partial charge is 0.0453 e. The maximum Gasteiger partial charge on any atom is 0.0453 e. The molecule has 1 N–H and O–H groups in total. The summed E-state index contributed by atoms with van der Waals surface area (Å²) >= 11 is 12.7. The van der Waals surface area contributed by atoms with Crippen molar-refractivity contribution in [2.45, 2.75) is 52.5 Å². The standard InChI is InChI=1S/C18H27Cl2N/c1-4-21-18(14-9-8-12(2)13(3)10-14)11-15-16(19)6-5-7-17(15)20/h5-7,12-14,18,21H,4,8-11H2,1-3H3. The van der Waals surface area contributed by atoms with Crippen molar-refractivity contribution < 1.29 is 0 Å². The number of hydrogen-bond donors (Lipinski definition) is 1. The monoisotopic (exact) mass is 327 g/mol. The summed E-state index contributed by atoms with van der Waals surface area (Å²) in [5, 5.41) is 5.26. The second-order valence-corrected chi connectivity index (χ2v) is 7.41. The van der Waals surface area contributed by atoms with E-state index in [1.807, 2.05) is 18.2 Å². The van der Waals surface area contributed by atoms with E-state index in [1.165, 1.54) is 19.3 Å². The van der Waals surface area contributed by atoms with Gasteiger partial charge in [-0.25, -0.2) is 0 Å². The minimum Gasteiger partial charge on any atom is -0.314 e. The van der Waals surface area contributed by atoms with Crippen LogP contribution in [0.5, 0.6) is 0 Å². The van der Waals surface area contributed by atoms with Gasteiger partial charge in [0.2, 0.25) is 0 Å². The molecule has 1 fully saturated rings. The van der Waals surface area contributed by atoms with E-state index in [2.05, 4.69) is 26.1 Å². The van der Waals surface area contributed by atoms with Crippen molar-refractivity contribution in [2.24, 2.45) is 17.8 Å². The van der Waals surface area contributed by atoms with E-state index in [-0.39, 0.29) is 0 Å². The van der Waals surface area contributed by atoms with Crippen molar-refractivity contribution >= 4 is 23.2 Å². The van der Waals surface area contributed by atoms with Crippen molar-refractivity contribution in [3.05, 3.63) is 33.8 Å². The molecule has 0 aromatic heterocycles. The quantitative estimate of drug-likeness (QED) is 0.743. The van der Waals surface area contributed by atoms with E-state index < -0.39 is 0 Å². The molecule has 4 atom stereocenters. The molecule has 0 bridgehead atoms. The number of benzene rings is 1. The first-order valence-corrected chi connectivity index (χ1v) is 8.94. The number of rotatable bonds is 5. The lowest BCUT2D eigenvalue weighted by Crippen LogP contribution is -2.41. The largest absolute Gasteiger partial charge is 0.314 e. The highest BCUT2D eigenvalue weighted by Gasteiger charge is 2.30. The van der Waals surface area contributed by atoms with Gasteiger partial charge in [0.25, 0.3) is 0 Å².